The zero-order valence-corrected chi connectivity index (χ0v) is 15.6. The molecule has 1 saturated heterocycles. The Kier molecular flexibility index (Phi) is 7.17. The van der Waals surface area contributed by atoms with Crippen LogP contribution in [0.2, 0.25) is 0 Å². The summed E-state index contributed by atoms with van der Waals surface area (Å²) in [5.74, 6) is 0.914. The first-order chi connectivity index (χ1) is 11.6. The summed E-state index contributed by atoms with van der Waals surface area (Å²) in [6.45, 7) is 2.67. The Morgan fingerprint density at radius 1 is 1.24 bits per heavy atom. The molecule has 0 bridgehead atoms. The Morgan fingerprint density at radius 2 is 1.92 bits per heavy atom. The maximum absolute atomic E-state index is 11.0. The number of benzene rings is 2. The lowest BCUT2D eigenvalue weighted by molar-refractivity contribution is -0.138. The van der Waals surface area contributed by atoms with Crippen molar-refractivity contribution in [2.45, 2.75) is 30.9 Å². The number of hydrogen-bond acceptors (Lipinski definition) is 4. The van der Waals surface area contributed by atoms with Crippen molar-refractivity contribution in [2.24, 2.45) is 0 Å². The van der Waals surface area contributed by atoms with Gasteiger partial charge in [0.05, 0.1) is 5.37 Å². The third kappa shape index (κ3) is 5.14. The highest BCUT2D eigenvalue weighted by atomic mass is 35.5. The van der Waals surface area contributed by atoms with Gasteiger partial charge in [-0.05, 0) is 23.3 Å². The lowest BCUT2D eigenvalue weighted by Gasteiger charge is -2.20. The maximum Gasteiger partial charge on any atom is 0.321 e. The Hall–Kier alpha value is -1.69. The molecule has 2 aromatic rings. The fraction of sp³-hybridized carbons (Fsp3) is 0.316. The lowest BCUT2D eigenvalue weighted by Crippen LogP contribution is -2.38. The van der Waals surface area contributed by atoms with E-state index in [0.29, 0.717) is 12.4 Å². The second kappa shape index (κ2) is 9.13. The fourth-order valence-corrected chi connectivity index (χ4v) is 4.05. The normalized spacial score (nSPS) is 20.5. The van der Waals surface area contributed by atoms with E-state index in [2.05, 4.69) is 24.4 Å². The van der Waals surface area contributed by atoms with Crippen molar-refractivity contribution in [3.63, 3.8) is 0 Å². The van der Waals surface area contributed by atoms with Crippen LogP contribution in [0.4, 0.5) is 0 Å². The van der Waals surface area contributed by atoms with Crippen molar-refractivity contribution >= 4 is 30.1 Å². The van der Waals surface area contributed by atoms with E-state index in [0.717, 1.165) is 11.3 Å². The van der Waals surface area contributed by atoms with E-state index in [9.17, 15) is 4.79 Å². The van der Waals surface area contributed by atoms with Crippen LogP contribution in [-0.2, 0) is 11.4 Å². The largest absolute Gasteiger partial charge is 0.489 e. The van der Waals surface area contributed by atoms with Gasteiger partial charge in [-0.15, -0.1) is 24.2 Å². The first kappa shape index (κ1) is 19.6. The molecule has 0 aliphatic carbocycles. The minimum atomic E-state index is -0.776. The molecule has 0 amide bonds. The average Bonchev–Trinajstić information content (AvgIpc) is 3.11. The van der Waals surface area contributed by atoms with E-state index < -0.39 is 12.0 Å². The van der Waals surface area contributed by atoms with Crippen LogP contribution in [0.1, 0.15) is 24.0 Å². The SMILES string of the molecule is CC(c1ccc(OCc2ccccc2)cc1)C1N[C@H](C(=O)O)CS1.Cl. The summed E-state index contributed by atoms with van der Waals surface area (Å²) in [5, 5.41) is 12.4. The topological polar surface area (TPSA) is 58.6 Å². The molecule has 3 rings (SSSR count). The van der Waals surface area contributed by atoms with Gasteiger partial charge in [-0.2, -0.15) is 0 Å². The van der Waals surface area contributed by atoms with Crippen molar-refractivity contribution in [3.05, 3.63) is 65.7 Å². The summed E-state index contributed by atoms with van der Waals surface area (Å²) >= 11 is 1.67. The van der Waals surface area contributed by atoms with Crippen LogP contribution in [0.15, 0.2) is 54.6 Å². The quantitative estimate of drug-likeness (QED) is 0.797. The summed E-state index contributed by atoms with van der Waals surface area (Å²) in [4.78, 5) is 11.0. The second-order valence-electron chi connectivity index (χ2n) is 5.94. The summed E-state index contributed by atoms with van der Waals surface area (Å²) in [5.41, 5.74) is 2.32. The Bertz CT molecular complexity index is 681. The summed E-state index contributed by atoms with van der Waals surface area (Å²) in [7, 11) is 0. The van der Waals surface area contributed by atoms with Gasteiger partial charge in [0.25, 0.3) is 0 Å². The zero-order chi connectivity index (χ0) is 16.9. The lowest BCUT2D eigenvalue weighted by atomic mass is 10.0. The van der Waals surface area contributed by atoms with Gasteiger partial charge in [-0.1, -0.05) is 49.4 Å². The molecule has 3 atom stereocenters. The van der Waals surface area contributed by atoms with Crippen LogP contribution >= 0.6 is 24.2 Å². The fourth-order valence-electron chi connectivity index (χ4n) is 2.71. The van der Waals surface area contributed by atoms with Gasteiger partial charge in [-0.3, -0.25) is 10.1 Å². The standard InChI is InChI=1S/C19H21NO3S.ClH/c1-13(18-20-17(12-24-18)19(21)22)15-7-9-16(10-8-15)23-11-14-5-3-2-4-6-14;/h2-10,13,17-18,20H,11-12H2,1H3,(H,21,22);1H/t13?,17-,18?;/m0./s1. The van der Waals surface area contributed by atoms with Crippen LogP contribution in [0.3, 0.4) is 0 Å². The molecule has 1 aliphatic heterocycles. The highest BCUT2D eigenvalue weighted by Crippen LogP contribution is 2.32. The van der Waals surface area contributed by atoms with Crippen LogP contribution in [0.25, 0.3) is 0 Å². The number of rotatable bonds is 6. The van der Waals surface area contributed by atoms with Gasteiger partial charge < -0.3 is 9.84 Å². The molecule has 1 aliphatic rings. The predicted octanol–water partition coefficient (Wildman–Crippen LogP) is 3.91. The smallest absolute Gasteiger partial charge is 0.321 e. The first-order valence-electron chi connectivity index (χ1n) is 8.00. The number of nitrogens with one attached hydrogen (secondary N) is 1. The van der Waals surface area contributed by atoms with Gasteiger partial charge >= 0.3 is 5.97 Å². The van der Waals surface area contributed by atoms with E-state index in [1.165, 1.54) is 5.56 Å². The molecule has 1 heterocycles. The van der Waals surface area contributed by atoms with Crippen molar-refractivity contribution in [1.82, 2.24) is 5.32 Å². The van der Waals surface area contributed by atoms with Gasteiger partial charge in [0, 0.05) is 11.7 Å². The van der Waals surface area contributed by atoms with Crippen LogP contribution in [0.5, 0.6) is 5.75 Å². The number of ether oxygens (including phenoxy) is 1. The summed E-state index contributed by atoms with van der Waals surface area (Å²) in [6.07, 6.45) is 0. The number of carboxylic acids is 1. The number of carbonyl (C=O) groups is 1. The molecule has 0 radical (unpaired) electrons. The molecule has 134 valence electrons. The van der Waals surface area contributed by atoms with Crippen molar-refractivity contribution in [2.75, 3.05) is 5.75 Å². The van der Waals surface area contributed by atoms with Crippen molar-refractivity contribution < 1.29 is 14.6 Å². The molecular formula is C19H22ClNO3S. The minimum Gasteiger partial charge on any atom is -0.489 e. The van der Waals surface area contributed by atoms with E-state index in [1.807, 2.05) is 42.5 Å². The second-order valence-corrected chi connectivity index (χ2v) is 7.12. The highest BCUT2D eigenvalue weighted by Gasteiger charge is 2.32. The molecule has 2 unspecified atom stereocenters. The third-order valence-electron chi connectivity index (χ3n) is 4.21. The molecule has 4 nitrogen and oxygen atoms in total. The van der Waals surface area contributed by atoms with Gasteiger partial charge in [-0.25, -0.2) is 0 Å². The van der Waals surface area contributed by atoms with E-state index in [4.69, 9.17) is 9.84 Å². The van der Waals surface area contributed by atoms with Crippen LogP contribution in [0, 0.1) is 0 Å². The highest BCUT2D eigenvalue weighted by molar-refractivity contribution is 8.00. The number of thioether (sulfide) groups is 1. The average molecular weight is 380 g/mol. The molecule has 0 spiro atoms. The maximum atomic E-state index is 11.0. The molecular weight excluding hydrogens is 358 g/mol. The van der Waals surface area contributed by atoms with Crippen molar-refractivity contribution in [3.8, 4) is 5.75 Å². The molecule has 1 fully saturated rings. The van der Waals surface area contributed by atoms with Crippen LogP contribution < -0.4 is 10.1 Å². The Balaban J connectivity index is 0.00000225. The number of halogens is 1. The molecule has 25 heavy (non-hydrogen) atoms. The van der Waals surface area contributed by atoms with Gasteiger partial charge in [0.2, 0.25) is 0 Å². The minimum absolute atomic E-state index is 0. The van der Waals surface area contributed by atoms with Gasteiger partial charge in [0.1, 0.15) is 18.4 Å². The van der Waals surface area contributed by atoms with E-state index >= 15 is 0 Å². The van der Waals surface area contributed by atoms with Gasteiger partial charge in [0.15, 0.2) is 0 Å². The zero-order valence-electron chi connectivity index (χ0n) is 13.9. The molecule has 0 aromatic heterocycles. The molecule has 0 saturated carbocycles. The Labute approximate surface area is 158 Å². The number of carboxylic acid groups (broad SMARTS) is 1. The third-order valence-corrected chi connectivity index (χ3v) is 5.64. The molecule has 6 heteroatoms. The molecule has 2 N–H and O–H groups in total. The van der Waals surface area contributed by atoms with E-state index in [1.54, 1.807) is 11.8 Å². The molecule has 2 aromatic carbocycles. The van der Waals surface area contributed by atoms with E-state index in [-0.39, 0.29) is 23.7 Å². The van der Waals surface area contributed by atoms with Crippen LogP contribution in [-0.4, -0.2) is 28.2 Å². The first-order valence-corrected chi connectivity index (χ1v) is 9.05. The Morgan fingerprint density at radius 3 is 2.52 bits per heavy atom. The summed E-state index contributed by atoms with van der Waals surface area (Å²) < 4.78 is 5.80. The van der Waals surface area contributed by atoms with Crippen molar-refractivity contribution in [1.29, 1.82) is 0 Å². The monoisotopic (exact) mass is 379 g/mol. The number of hydrogen-bond donors (Lipinski definition) is 2. The number of aliphatic carboxylic acids is 1. The summed E-state index contributed by atoms with van der Waals surface area (Å²) in [6, 6.07) is 17.7. The predicted molar refractivity (Wildman–Crippen MR) is 104 cm³/mol.